The summed E-state index contributed by atoms with van der Waals surface area (Å²) in [5.41, 5.74) is 3.54. The minimum absolute atomic E-state index is 0.0221. The number of aryl methyl sites for hydroxylation is 2. The highest BCUT2D eigenvalue weighted by molar-refractivity contribution is 5.96. The number of likely N-dealkylation sites (tertiary alicyclic amines) is 1. The smallest absolute Gasteiger partial charge is 0.254 e. The molecule has 0 atom stereocenters. The van der Waals surface area contributed by atoms with Gasteiger partial charge >= 0.3 is 0 Å². The molecule has 0 bridgehead atoms. The number of methoxy groups -OCH3 is 2. The molecule has 6 nitrogen and oxygen atoms in total. The molecular weight excluding hydrogens is 368 g/mol. The number of nitrogens with one attached hydrogen (secondary N) is 1. The van der Waals surface area contributed by atoms with E-state index in [-0.39, 0.29) is 17.7 Å². The maximum atomic E-state index is 12.9. The van der Waals surface area contributed by atoms with Crippen LogP contribution in [0.25, 0.3) is 0 Å². The van der Waals surface area contributed by atoms with Gasteiger partial charge in [-0.15, -0.1) is 0 Å². The minimum atomic E-state index is -0.0983. The van der Waals surface area contributed by atoms with Crippen LogP contribution in [0.1, 0.15) is 34.3 Å². The van der Waals surface area contributed by atoms with Crippen molar-refractivity contribution in [1.82, 2.24) is 4.90 Å². The fraction of sp³-hybridized carbons (Fsp3) is 0.391. The Kier molecular flexibility index (Phi) is 6.42. The maximum absolute atomic E-state index is 12.9. The predicted molar refractivity (Wildman–Crippen MR) is 113 cm³/mol. The van der Waals surface area contributed by atoms with Crippen molar-refractivity contribution in [3.05, 3.63) is 53.1 Å². The van der Waals surface area contributed by atoms with Crippen molar-refractivity contribution in [2.45, 2.75) is 26.7 Å². The zero-order chi connectivity index (χ0) is 21.0. The topological polar surface area (TPSA) is 67.9 Å². The number of piperidine rings is 1. The Morgan fingerprint density at radius 1 is 0.966 bits per heavy atom. The molecule has 0 spiro atoms. The Morgan fingerprint density at radius 3 is 2.17 bits per heavy atom. The molecule has 1 saturated heterocycles. The van der Waals surface area contributed by atoms with Crippen LogP contribution in [-0.2, 0) is 4.79 Å². The van der Waals surface area contributed by atoms with Crippen molar-refractivity contribution in [2.24, 2.45) is 5.92 Å². The van der Waals surface area contributed by atoms with Crippen molar-refractivity contribution >= 4 is 17.5 Å². The van der Waals surface area contributed by atoms with Crippen LogP contribution in [0.5, 0.6) is 11.5 Å². The van der Waals surface area contributed by atoms with E-state index in [1.54, 1.807) is 37.3 Å². The number of carbonyl (C=O) groups excluding carboxylic acids is 2. The number of hydrogen-bond donors (Lipinski definition) is 1. The molecule has 1 aliphatic rings. The number of rotatable bonds is 5. The summed E-state index contributed by atoms with van der Waals surface area (Å²) < 4.78 is 10.5. The lowest BCUT2D eigenvalue weighted by Gasteiger charge is -2.31. The number of anilines is 1. The average Bonchev–Trinajstić information content (AvgIpc) is 2.75. The summed E-state index contributed by atoms with van der Waals surface area (Å²) in [5.74, 6) is 1.01. The quantitative estimate of drug-likeness (QED) is 0.834. The van der Waals surface area contributed by atoms with E-state index in [0.29, 0.717) is 43.0 Å². The van der Waals surface area contributed by atoms with Crippen molar-refractivity contribution in [1.29, 1.82) is 0 Å². The average molecular weight is 396 g/mol. The van der Waals surface area contributed by atoms with Crippen LogP contribution < -0.4 is 14.8 Å². The molecule has 0 unspecified atom stereocenters. The van der Waals surface area contributed by atoms with Crippen molar-refractivity contribution in [3.63, 3.8) is 0 Å². The predicted octanol–water partition coefficient (Wildman–Crippen LogP) is 3.81. The highest BCUT2D eigenvalue weighted by Crippen LogP contribution is 2.26. The van der Waals surface area contributed by atoms with Gasteiger partial charge in [-0.3, -0.25) is 9.59 Å². The molecule has 0 radical (unpaired) electrons. The molecule has 1 heterocycles. The lowest BCUT2D eigenvalue weighted by Crippen LogP contribution is -2.41. The first-order chi connectivity index (χ1) is 13.9. The summed E-state index contributed by atoms with van der Waals surface area (Å²) >= 11 is 0. The number of hydrogen-bond acceptors (Lipinski definition) is 4. The van der Waals surface area contributed by atoms with Gasteiger partial charge in [0, 0.05) is 36.3 Å². The zero-order valence-electron chi connectivity index (χ0n) is 17.5. The second kappa shape index (κ2) is 8.99. The number of benzene rings is 2. The second-order valence-electron chi connectivity index (χ2n) is 7.48. The van der Waals surface area contributed by atoms with Gasteiger partial charge in [-0.25, -0.2) is 0 Å². The number of amides is 2. The normalized spacial score (nSPS) is 14.4. The lowest BCUT2D eigenvalue weighted by molar-refractivity contribution is -0.121. The molecule has 0 saturated carbocycles. The molecule has 2 amide bonds. The number of carbonyl (C=O) groups is 2. The van der Waals surface area contributed by atoms with Gasteiger partial charge in [0.1, 0.15) is 11.5 Å². The van der Waals surface area contributed by atoms with Crippen LogP contribution >= 0.6 is 0 Å². The van der Waals surface area contributed by atoms with Crippen LogP contribution in [0.3, 0.4) is 0 Å². The van der Waals surface area contributed by atoms with Gasteiger partial charge in [-0.2, -0.15) is 0 Å². The fourth-order valence-electron chi connectivity index (χ4n) is 3.56. The Labute approximate surface area is 171 Å². The summed E-state index contributed by atoms with van der Waals surface area (Å²) in [6, 6.07) is 11.2. The minimum Gasteiger partial charge on any atom is -0.497 e. The third-order valence-corrected chi connectivity index (χ3v) is 5.40. The summed E-state index contributed by atoms with van der Waals surface area (Å²) in [5, 5.41) is 3.05. The van der Waals surface area contributed by atoms with E-state index in [9.17, 15) is 9.59 Å². The highest BCUT2D eigenvalue weighted by atomic mass is 16.5. The maximum Gasteiger partial charge on any atom is 0.254 e. The van der Waals surface area contributed by atoms with Crippen LogP contribution in [0, 0.1) is 19.8 Å². The van der Waals surface area contributed by atoms with Gasteiger partial charge < -0.3 is 19.7 Å². The largest absolute Gasteiger partial charge is 0.497 e. The number of nitrogens with zero attached hydrogens (tertiary/aromatic N) is 1. The first kappa shape index (κ1) is 20.7. The molecule has 3 rings (SSSR count). The Bertz CT molecular complexity index is 879. The molecule has 0 aromatic heterocycles. The van der Waals surface area contributed by atoms with Crippen LogP contribution in [0.4, 0.5) is 5.69 Å². The Morgan fingerprint density at radius 2 is 1.59 bits per heavy atom. The van der Waals surface area contributed by atoms with Crippen molar-refractivity contribution in [3.8, 4) is 11.5 Å². The van der Waals surface area contributed by atoms with E-state index < -0.39 is 0 Å². The summed E-state index contributed by atoms with van der Waals surface area (Å²) in [6.07, 6.45) is 1.28. The zero-order valence-corrected chi connectivity index (χ0v) is 17.5. The standard InChI is InChI=1S/C23H28N2O4/c1-15-5-6-16(2)21(11-15)24-22(26)17-7-9-25(10-8-17)23(27)18-12-19(28-3)14-20(13-18)29-4/h5-6,11-14,17H,7-10H2,1-4H3,(H,24,26). The molecule has 6 heteroatoms. The Balaban J connectivity index is 1.62. The molecule has 2 aromatic rings. The van der Waals surface area contributed by atoms with Crippen molar-refractivity contribution in [2.75, 3.05) is 32.6 Å². The molecule has 0 aliphatic carbocycles. The molecule has 2 aromatic carbocycles. The van der Waals surface area contributed by atoms with Crippen LogP contribution in [-0.4, -0.2) is 44.0 Å². The highest BCUT2D eigenvalue weighted by Gasteiger charge is 2.28. The SMILES string of the molecule is COc1cc(OC)cc(C(=O)N2CCC(C(=O)Nc3cc(C)ccc3C)CC2)c1. The molecular formula is C23H28N2O4. The van der Waals surface area contributed by atoms with Gasteiger partial charge in [0.25, 0.3) is 5.91 Å². The molecule has 1 aliphatic heterocycles. The van der Waals surface area contributed by atoms with E-state index >= 15 is 0 Å². The van der Waals surface area contributed by atoms with Gasteiger partial charge in [0.05, 0.1) is 14.2 Å². The fourth-order valence-corrected chi connectivity index (χ4v) is 3.56. The molecule has 29 heavy (non-hydrogen) atoms. The van der Waals surface area contributed by atoms with Gasteiger partial charge in [-0.05, 0) is 56.0 Å². The van der Waals surface area contributed by atoms with Gasteiger partial charge in [0.15, 0.2) is 0 Å². The van der Waals surface area contributed by atoms with Crippen molar-refractivity contribution < 1.29 is 19.1 Å². The Hall–Kier alpha value is -3.02. The monoisotopic (exact) mass is 396 g/mol. The summed E-state index contributed by atoms with van der Waals surface area (Å²) in [4.78, 5) is 27.4. The first-order valence-electron chi connectivity index (χ1n) is 9.81. The van der Waals surface area contributed by atoms with Crippen LogP contribution in [0.15, 0.2) is 36.4 Å². The summed E-state index contributed by atoms with van der Waals surface area (Å²) in [7, 11) is 3.12. The third kappa shape index (κ3) is 4.88. The number of ether oxygens (including phenoxy) is 2. The third-order valence-electron chi connectivity index (χ3n) is 5.40. The van der Waals surface area contributed by atoms with E-state index in [1.807, 2.05) is 32.0 Å². The van der Waals surface area contributed by atoms with Crippen LogP contribution in [0.2, 0.25) is 0 Å². The van der Waals surface area contributed by atoms with Gasteiger partial charge in [-0.1, -0.05) is 12.1 Å². The van der Waals surface area contributed by atoms with E-state index in [4.69, 9.17) is 9.47 Å². The molecule has 1 N–H and O–H groups in total. The van der Waals surface area contributed by atoms with E-state index in [0.717, 1.165) is 16.8 Å². The lowest BCUT2D eigenvalue weighted by atomic mass is 9.95. The second-order valence-corrected chi connectivity index (χ2v) is 7.48. The first-order valence-corrected chi connectivity index (χ1v) is 9.81. The van der Waals surface area contributed by atoms with E-state index in [1.165, 1.54) is 0 Å². The van der Waals surface area contributed by atoms with Gasteiger partial charge in [0.2, 0.25) is 5.91 Å². The molecule has 1 fully saturated rings. The summed E-state index contributed by atoms with van der Waals surface area (Å²) in [6.45, 7) is 5.08. The van der Waals surface area contributed by atoms with E-state index in [2.05, 4.69) is 5.32 Å². The molecule has 154 valence electrons.